The van der Waals surface area contributed by atoms with Gasteiger partial charge in [0.25, 0.3) is 0 Å². The number of fused-ring (bicyclic) bond motifs is 1. The Kier molecular flexibility index (Phi) is 6.00. The minimum Gasteiger partial charge on any atom is -0.486 e. The Morgan fingerprint density at radius 3 is 2.76 bits per heavy atom. The third-order valence-electron chi connectivity index (χ3n) is 3.50. The molecule has 0 aromatic heterocycles. The van der Waals surface area contributed by atoms with E-state index in [0.29, 0.717) is 36.9 Å². The predicted molar refractivity (Wildman–Crippen MR) is 96.2 cm³/mol. The monoisotopic (exact) mass is 362 g/mol. The number of ether oxygens (including phenoxy) is 2. The van der Waals surface area contributed by atoms with Crippen molar-refractivity contribution in [3.05, 3.63) is 48.3 Å². The summed E-state index contributed by atoms with van der Waals surface area (Å²) in [7, 11) is 0. The molecule has 1 aliphatic rings. The fourth-order valence-electron chi connectivity index (χ4n) is 2.33. The van der Waals surface area contributed by atoms with Gasteiger partial charge < -0.3 is 20.1 Å². The van der Waals surface area contributed by atoms with Gasteiger partial charge in [-0.15, -0.1) is 11.8 Å². The summed E-state index contributed by atoms with van der Waals surface area (Å²) in [4.78, 5) is 13.0. The van der Waals surface area contributed by atoms with Crippen LogP contribution in [-0.4, -0.2) is 31.5 Å². The summed E-state index contributed by atoms with van der Waals surface area (Å²) in [5.41, 5.74) is 0.593. The third kappa shape index (κ3) is 5.03. The third-order valence-corrected chi connectivity index (χ3v) is 4.60. The fraction of sp³-hybridized carbons (Fsp3) is 0.278. The van der Waals surface area contributed by atoms with Gasteiger partial charge in [0, 0.05) is 11.4 Å². The van der Waals surface area contributed by atoms with Crippen LogP contribution in [0, 0.1) is 5.82 Å². The number of benzene rings is 2. The average molecular weight is 362 g/mol. The van der Waals surface area contributed by atoms with Crippen LogP contribution in [0.1, 0.15) is 6.42 Å². The molecule has 0 saturated heterocycles. The van der Waals surface area contributed by atoms with E-state index in [2.05, 4.69) is 10.6 Å². The summed E-state index contributed by atoms with van der Waals surface area (Å²) in [5.74, 6) is 1.81. The molecule has 25 heavy (non-hydrogen) atoms. The number of halogens is 1. The molecule has 132 valence electrons. The Bertz CT molecular complexity index is 725. The molecule has 0 aliphatic carbocycles. The second-order valence-electron chi connectivity index (χ2n) is 5.37. The van der Waals surface area contributed by atoms with Crippen LogP contribution in [-0.2, 0) is 0 Å². The Hall–Kier alpha value is -2.41. The van der Waals surface area contributed by atoms with Gasteiger partial charge in [0.15, 0.2) is 11.5 Å². The van der Waals surface area contributed by atoms with E-state index in [4.69, 9.17) is 9.47 Å². The highest BCUT2D eigenvalue weighted by Crippen LogP contribution is 2.37. The van der Waals surface area contributed by atoms with Crippen molar-refractivity contribution in [2.24, 2.45) is 0 Å². The van der Waals surface area contributed by atoms with Crippen LogP contribution in [0.4, 0.5) is 14.9 Å². The minimum atomic E-state index is -0.283. The normalized spacial score (nSPS) is 12.5. The molecule has 1 heterocycles. The van der Waals surface area contributed by atoms with Gasteiger partial charge in [0.2, 0.25) is 0 Å². The van der Waals surface area contributed by atoms with Crippen LogP contribution < -0.4 is 20.1 Å². The highest BCUT2D eigenvalue weighted by atomic mass is 32.2. The zero-order valence-corrected chi connectivity index (χ0v) is 14.4. The van der Waals surface area contributed by atoms with Crippen molar-refractivity contribution in [1.82, 2.24) is 5.32 Å². The van der Waals surface area contributed by atoms with Crippen LogP contribution >= 0.6 is 11.8 Å². The molecular formula is C18H19FN2O3S. The van der Waals surface area contributed by atoms with E-state index in [-0.39, 0.29) is 11.8 Å². The van der Waals surface area contributed by atoms with Gasteiger partial charge in [-0.3, -0.25) is 0 Å². The first-order valence-electron chi connectivity index (χ1n) is 8.04. The second-order valence-corrected chi connectivity index (χ2v) is 6.53. The molecule has 0 fully saturated rings. The van der Waals surface area contributed by atoms with Crippen molar-refractivity contribution < 1.29 is 18.7 Å². The van der Waals surface area contributed by atoms with E-state index >= 15 is 0 Å². The molecule has 0 radical (unpaired) electrons. The molecule has 0 atom stereocenters. The van der Waals surface area contributed by atoms with Crippen LogP contribution in [0.5, 0.6) is 11.5 Å². The summed E-state index contributed by atoms with van der Waals surface area (Å²) in [6.07, 6.45) is 0.808. The summed E-state index contributed by atoms with van der Waals surface area (Å²) >= 11 is 1.63. The number of hydrogen-bond acceptors (Lipinski definition) is 4. The van der Waals surface area contributed by atoms with Gasteiger partial charge in [0.1, 0.15) is 19.0 Å². The maximum atomic E-state index is 12.8. The van der Waals surface area contributed by atoms with Crippen LogP contribution in [0.3, 0.4) is 0 Å². The van der Waals surface area contributed by atoms with E-state index in [1.54, 1.807) is 30.0 Å². The highest BCUT2D eigenvalue weighted by molar-refractivity contribution is 7.99. The van der Waals surface area contributed by atoms with Gasteiger partial charge in [-0.05, 0) is 48.6 Å². The Morgan fingerprint density at radius 1 is 1.12 bits per heavy atom. The number of para-hydroxylation sites is 1. The zero-order chi connectivity index (χ0) is 17.5. The molecule has 0 bridgehead atoms. The van der Waals surface area contributed by atoms with Crippen molar-refractivity contribution in [2.75, 3.05) is 30.8 Å². The van der Waals surface area contributed by atoms with Crippen molar-refractivity contribution in [3.63, 3.8) is 0 Å². The fourth-order valence-corrected chi connectivity index (χ4v) is 3.19. The van der Waals surface area contributed by atoms with Crippen molar-refractivity contribution in [2.45, 2.75) is 11.3 Å². The van der Waals surface area contributed by atoms with Gasteiger partial charge in [-0.2, -0.15) is 0 Å². The molecule has 3 rings (SSSR count). The lowest BCUT2D eigenvalue weighted by Crippen LogP contribution is -2.30. The first-order valence-corrected chi connectivity index (χ1v) is 9.03. The van der Waals surface area contributed by atoms with E-state index in [9.17, 15) is 9.18 Å². The second kappa shape index (κ2) is 8.62. The number of carbonyl (C=O) groups is 1. The number of carbonyl (C=O) groups excluding carboxylic acids is 1. The van der Waals surface area contributed by atoms with E-state index in [0.717, 1.165) is 17.1 Å². The maximum absolute atomic E-state index is 12.8. The number of anilines is 1. The standard InChI is InChI=1S/C18H19FN2O3S/c19-13-5-7-14(8-6-13)25-12-2-9-20-18(22)21-15-3-1-4-16-17(15)24-11-10-23-16/h1,3-8H,2,9-12H2,(H2,20,21,22). The molecular weight excluding hydrogens is 343 g/mol. The van der Waals surface area contributed by atoms with E-state index in [1.807, 2.05) is 12.1 Å². The summed E-state index contributed by atoms with van der Waals surface area (Å²) in [5, 5.41) is 5.59. The van der Waals surface area contributed by atoms with Gasteiger partial charge in [-0.1, -0.05) is 6.07 Å². The quantitative estimate of drug-likeness (QED) is 0.604. The van der Waals surface area contributed by atoms with Gasteiger partial charge in [-0.25, -0.2) is 9.18 Å². The minimum absolute atomic E-state index is 0.236. The lowest BCUT2D eigenvalue weighted by atomic mass is 10.2. The first kappa shape index (κ1) is 17.4. The van der Waals surface area contributed by atoms with Crippen molar-refractivity contribution in [3.8, 4) is 11.5 Å². The maximum Gasteiger partial charge on any atom is 0.319 e. The van der Waals surface area contributed by atoms with Gasteiger partial charge >= 0.3 is 6.03 Å². The molecule has 2 N–H and O–H groups in total. The van der Waals surface area contributed by atoms with Crippen molar-refractivity contribution in [1.29, 1.82) is 0 Å². The van der Waals surface area contributed by atoms with E-state index in [1.165, 1.54) is 12.1 Å². The predicted octanol–water partition coefficient (Wildman–Crippen LogP) is 3.90. The summed E-state index contributed by atoms with van der Waals surface area (Å²) in [6, 6.07) is 11.5. The number of urea groups is 1. The number of nitrogens with one attached hydrogen (secondary N) is 2. The Morgan fingerprint density at radius 2 is 1.92 bits per heavy atom. The first-order chi connectivity index (χ1) is 12.2. The summed E-state index contributed by atoms with van der Waals surface area (Å²) < 4.78 is 23.9. The lowest BCUT2D eigenvalue weighted by Gasteiger charge is -2.21. The van der Waals surface area contributed by atoms with Gasteiger partial charge in [0.05, 0.1) is 5.69 Å². The largest absolute Gasteiger partial charge is 0.486 e. The summed E-state index contributed by atoms with van der Waals surface area (Å²) in [6.45, 7) is 1.52. The van der Waals surface area contributed by atoms with Crippen LogP contribution in [0.2, 0.25) is 0 Å². The Balaban J connectivity index is 1.39. The number of hydrogen-bond donors (Lipinski definition) is 2. The number of thioether (sulfide) groups is 1. The molecule has 1 aliphatic heterocycles. The highest BCUT2D eigenvalue weighted by Gasteiger charge is 2.16. The lowest BCUT2D eigenvalue weighted by molar-refractivity contribution is 0.172. The Labute approximate surface area is 149 Å². The molecule has 0 spiro atoms. The zero-order valence-electron chi connectivity index (χ0n) is 13.6. The van der Waals surface area contributed by atoms with E-state index < -0.39 is 0 Å². The molecule has 2 amide bonds. The number of amides is 2. The SMILES string of the molecule is O=C(NCCCSc1ccc(F)cc1)Nc1cccc2c1OCCO2. The molecule has 7 heteroatoms. The molecule has 2 aromatic carbocycles. The average Bonchev–Trinajstić information content (AvgIpc) is 2.63. The number of rotatable bonds is 6. The molecule has 0 saturated carbocycles. The molecule has 2 aromatic rings. The smallest absolute Gasteiger partial charge is 0.319 e. The van der Waals surface area contributed by atoms with Crippen molar-refractivity contribution >= 4 is 23.5 Å². The molecule has 0 unspecified atom stereocenters. The van der Waals surface area contributed by atoms with Crippen LogP contribution in [0.15, 0.2) is 47.4 Å². The topological polar surface area (TPSA) is 59.6 Å². The molecule has 5 nitrogen and oxygen atoms in total. The van der Waals surface area contributed by atoms with Crippen LogP contribution in [0.25, 0.3) is 0 Å².